The van der Waals surface area contributed by atoms with E-state index in [1.54, 1.807) is 0 Å². The van der Waals surface area contributed by atoms with Crippen molar-refractivity contribution >= 4 is 11.8 Å². The van der Waals surface area contributed by atoms with Gasteiger partial charge in [0.25, 0.3) is 0 Å². The second-order valence-corrected chi connectivity index (χ2v) is 6.73. The number of aliphatic hydroxyl groups excluding tert-OH is 1. The SMILES string of the molecule is CC(C)Sc1ccc(C(CCCO)N(C)C)cc1. The van der Waals surface area contributed by atoms with Crippen LogP contribution in [0.4, 0.5) is 0 Å². The van der Waals surface area contributed by atoms with Gasteiger partial charge in [0.15, 0.2) is 0 Å². The zero-order valence-corrected chi connectivity index (χ0v) is 12.7. The zero-order chi connectivity index (χ0) is 13.5. The van der Waals surface area contributed by atoms with Gasteiger partial charge in [-0.2, -0.15) is 0 Å². The molecule has 0 heterocycles. The van der Waals surface area contributed by atoms with E-state index in [4.69, 9.17) is 5.11 Å². The highest BCUT2D eigenvalue weighted by molar-refractivity contribution is 7.99. The highest BCUT2D eigenvalue weighted by Crippen LogP contribution is 2.27. The molecule has 0 fully saturated rings. The number of benzene rings is 1. The van der Waals surface area contributed by atoms with Gasteiger partial charge in [-0.05, 0) is 44.6 Å². The van der Waals surface area contributed by atoms with E-state index in [0.29, 0.717) is 11.3 Å². The number of nitrogens with zero attached hydrogens (tertiary/aromatic N) is 1. The van der Waals surface area contributed by atoms with Gasteiger partial charge in [-0.25, -0.2) is 0 Å². The van der Waals surface area contributed by atoms with Crippen molar-refractivity contribution in [1.82, 2.24) is 4.90 Å². The van der Waals surface area contributed by atoms with Crippen molar-refractivity contribution in [3.63, 3.8) is 0 Å². The van der Waals surface area contributed by atoms with Crippen molar-refractivity contribution in [3.8, 4) is 0 Å². The van der Waals surface area contributed by atoms with Crippen molar-refractivity contribution in [1.29, 1.82) is 0 Å². The van der Waals surface area contributed by atoms with Gasteiger partial charge in [0.05, 0.1) is 0 Å². The van der Waals surface area contributed by atoms with Crippen LogP contribution in [0.1, 0.15) is 38.3 Å². The van der Waals surface area contributed by atoms with Crippen molar-refractivity contribution in [2.75, 3.05) is 20.7 Å². The molecule has 0 bridgehead atoms. The molecule has 0 aliphatic carbocycles. The Balaban J connectivity index is 2.73. The van der Waals surface area contributed by atoms with Gasteiger partial charge in [-0.15, -0.1) is 11.8 Å². The molecule has 0 aromatic heterocycles. The molecule has 1 rings (SSSR count). The Kier molecular flexibility index (Phi) is 6.76. The molecule has 1 N–H and O–H groups in total. The molecule has 0 amide bonds. The minimum atomic E-state index is 0.269. The van der Waals surface area contributed by atoms with Crippen LogP contribution in [0, 0.1) is 0 Å². The lowest BCUT2D eigenvalue weighted by atomic mass is 10.0. The van der Waals surface area contributed by atoms with Crippen LogP contribution in [0.15, 0.2) is 29.2 Å². The largest absolute Gasteiger partial charge is 0.396 e. The summed E-state index contributed by atoms with van der Waals surface area (Å²) in [6.07, 6.45) is 1.85. The van der Waals surface area contributed by atoms with E-state index in [1.165, 1.54) is 10.5 Å². The number of hydrogen-bond acceptors (Lipinski definition) is 3. The average molecular weight is 267 g/mol. The van der Waals surface area contributed by atoms with Crippen LogP contribution in [0.2, 0.25) is 0 Å². The fourth-order valence-electron chi connectivity index (χ4n) is 2.05. The van der Waals surface area contributed by atoms with Gasteiger partial charge in [0, 0.05) is 22.8 Å². The monoisotopic (exact) mass is 267 g/mol. The topological polar surface area (TPSA) is 23.5 Å². The van der Waals surface area contributed by atoms with Gasteiger partial charge in [-0.3, -0.25) is 0 Å². The lowest BCUT2D eigenvalue weighted by Crippen LogP contribution is -2.20. The second kappa shape index (κ2) is 7.82. The van der Waals surface area contributed by atoms with E-state index < -0.39 is 0 Å². The summed E-state index contributed by atoms with van der Waals surface area (Å²) in [5.74, 6) is 0. The normalized spacial score (nSPS) is 13.3. The van der Waals surface area contributed by atoms with E-state index in [1.807, 2.05) is 11.8 Å². The van der Waals surface area contributed by atoms with E-state index in [9.17, 15) is 0 Å². The van der Waals surface area contributed by atoms with E-state index in [0.717, 1.165) is 12.8 Å². The molecule has 1 atom stereocenters. The summed E-state index contributed by atoms with van der Waals surface area (Å²) in [7, 11) is 4.19. The quantitative estimate of drug-likeness (QED) is 0.764. The van der Waals surface area contributed by atoms with Gasteiger partial charge in [0.2, 0.25) is 0 Å². The fraction of sp³-hybridized carbons (Fsp3) is 0.600. The van der Waals surface area contributed by atoms with Crippen LogP contribution in [-0.2, 0) is 0 Å². The molecule has 1 unspecified atom stereocenters. The summed E-state index contributed by atoms with van der Waals surface area (Å²) < 4.78 is 0. The number of thioether (sulfide) groups is 1. The first kappa shape index (κ1) is 15.5. The van der Waals surface area contributed by atoms with Crippen LogP contribution < -0.4 is 0 Å². The zero-order valence-electron chi connectivity index (χ0n) is 11.9. The summed E-state index contributed by atoms with van der Waals surface area (Å²) in [5.41, 5.74) is 1.33. The maximum atomic E-state index is 8.97. The van der Waals surface area contributed by atoms with E-state index >= 15 is 0 Å². The maximum Gasteiger partial charge on any atom is 0.0431 e. The number of aliphatic hydroxyl groups is 1. The molecule has 3 heteroatoms. The standard InChI is InChI=1S/C15H25NOS/c1-12(2)18-14-9-7-13(8-10-14)15(16(3)4)6-5-11-17/h7-10,12,15,17H,5-6,11H2,1-4H3. The Morgan fingerprint density at radius 1 is 1.17 bits per heavy atom. The minimum Gasteiger partial charge on any atom is -0.396 e. The Hall–Kier alpha value is -0.510. The van der Waals surface area contributed by atoms with Gasteiger partial charge in [0.1, 0.15) is 0 Å². The smallest absolute Gasteiger partial charge is 0.0431 e. The highest BCUT2D eigenvalue weighted by atomic mass is 32.2. The van der Waals surface area contributed by atoms with Crippen LogP contribution in [0.3, 0.4) is 0 Å². The van der Waals surface area contributed by atoms with Crippen molar-refractivity contribution in [2.45, 2.75) is 42.9 Å². The molecular weight excluding hydrogens is 242 g/mol. The Labute approximate surface area is 115 Å². The molecule has 0 spiro atoms. The van der Waals surface area contributed by atoms with Crippen LogP contribution in [0.5, 0.6) is 0 Å². The third-order valence-electron chi connectivity index (χ3n) is 2.90. The highest BCUT2D eigenvalue weighted by Gasteiger charge is 2.13. The lowest BCUT2D eigenvalue weighted by Gasteiger charge is -2.24. The summed E-state index contributed by atoms with van der Waals surface area (Å²) in [6, 6.07) is 9.24. The van der Waals surface area contributed by atoms with Crippen molar-refractivity contribution in [2.24, 2.45) is 0 Å². The molecule has 1 aromatic rings. The first-order valence-electron chi connectivity index (χ1n) is 6.58. The number of hydrogen-bond donors (Lipinski definition) is 1. The predicted octanol–water partition coefficient (Wildman–Crippen LogP) is 3.56. The van der Waals surface area contributed by atoms with Crippen molar-refractivity contribution < 1.29 is 5.11 Å². The summed E-state index contributed by atoms with van der Waals surface area (Å²) in [5, 5.41) is 9.59. The van der Waals surface area contributed by atoms with Gasteiger partial charge >= 0.3 is 0 Å². The Bertz CT molecular complexity index is 335. The summed E-state index contributed by atoms with van der Waals surface area (Å²) >= 11 is 1.89. The lowest BCUT2D eigenvalue weighted by molar-refractivity contribution is 0.235. The molecule has 1 aromatic carbocycles. The average Bonchev–Trinajstić information content (AvgIpc) is 2.30. The van der Waals surface area contributed by atoms with E-state index in [-0.39, 0.29) is 6.61 Å². The third kappa shape index (κ3) is 5.01. The predicted molar refractivity (Wildman–Crippen MR) is 80.2 cm³/mol. The Morgan fingerprint density at radius 3 is 2.22 bits per heavy atom. The first-order valence-corrected chi connectivity index (χ1v) is 7.46. The van der Waals surface area contributed by atoms with Crippen molar-refractivity contribution in [3.05, 3.63) is 29.8 Å². The number of rotatable bonds is 7. The molecule has 102 valence electrons. The Morgan fingerprint density at radius 2 is 1.78 bits per heavy atom. The van der Waals surface area contributed by atoms with Gasteiger partial charge < -0.3 is 10.0 Å². The van der Waals surface area contributed by atoms with Crippen LogP contribution in [0.25, 0.3) is 0 Å². The molecular formula is C15H25NOS. The molecule has 0 aliphatic rings. The van der Waals surface area contributed by atoms with Crippen LogP contribution >= 0.6 is 11.8 Å². The van der Waals surface area contributed by atoms with E-state index in [2.05, 4.69) is 57.1 Å². The fourth-order valence-corrected chi connectivity index (χ4v) is 2.89. The summed E-state index contributed by atoms with van der Waals surface area (Å²) in [6.45, 7) is 4.69. The third-order valence-corrected chi connectivity index (χ3v) is 3.91. The van der Waals surface area contributed by atoms with Crippen LogP contribution in [-0.4, -0.2) is 36.0 Å². The maximum absolute atomic E-state index is 8.97. The molecule has 0 saturated carbocycles. The molecule has 0 aliphatic heterocycles. The minimum absolute atomic E-state index is 0.269. The molecule has 0 radical (unpaired) electrons. The van der Waals surface area contributed by atoms with Gasteiger partial charge in [-0.1, -0.05) is 26.0 Å². The second-order valence-electron chi connectivity index (χ2n) is 5.08. The molecule has 18 heavy (non-hydrogen) atoms. The summed E-state index contributed by atoms with van der Waals surface area (Å²) in [4.78, 5) is 3.55. The molecule has 0 saturated heterocycles. The first-order chi connectivity index (χ1) is 8.54. The molecule has 2 nitrogen and oxygen atoms in total.